The van der Waals surface area contributed by atoms with Gasteiger partial charge in [0, 0.05) is 0 Å². The molecule has 1 aromatic rings. The van der Waals surface area contributed by atoms with Crippen LogP contribution >= 0.6 is 18.5 Å². The first-order valence-corrected chi connectivity index (χ1v) is 5.81. The topological polar surface area (TPSA) is 0 Å². The average molecular weight is 198 g/mol. The Morgan fingerprint density at radius 1 is 0.917 bits per heavy atom. The van der Waals surface area contributed by atoms with E-state index in [1.54, 1.807) is 0 Å². The zero-order valence-corrected chi connectivity index (χ0v) is 10.0. The Bertz CT molecular complexity index is 250. The molecule has 0 nitrogen and oxygen atoms in total. The molecule has 66 valence electrons. The maximum atomic E-state index is 2.78. The SMILES string of the molecule is Cc1cc(CP)c(C)cc1CP. The molecule has 1 aromatic carbocycles. The van der Waals surface area contributed by atoms with E-state index in [9.17, 15) is 0 Å². The molecule has 0 aromatic heterocycles. The smallest absolute Gasteiger partial charge is 0.0126 e. The molecule has 1 rings (SSSR count). The minimum Gasteiger partial charge on any atom is -0.133 e. The van der Waals surface area contributed by atoms with Crippen molar-refractivity contribution < 1.29 is 0 Å². The normalized spacial score (nSPS) is 10.3. The molecule has 0 aliphatic rings. The number of benzene rings is 1. The van der Waals surface area contributed by atoms with E-state index in [1.165, 1.54) is 22.3 Å². The number of aryl methyl sites for hydroxylation is 2. The van der Waals surface area contributed by atoms with Gasteiger partial charge in [-0.3, -0.25) is 0 Å². The molecule has 12 heavy (non-hydrogen) atoms. The van der Waals surface area contributed by atoms with Crippen molar-refractivity contribution in [3.63, 3.8) is 0 Å². The van der Waals surface area contributed by atoms with Gasteiger partial charge in [0.2, 0.25) is 0 Å². The Morgan fingerprint density at radius 3 is 1.50 bits per heavy atom. The van der Waals surface area contributed by atoms with Crippen molar-refractivity contribution in [2.45, 2.75) is 26.2 Å². The van der Waals surface area contributed by atoms with E-state index in [0.29, 0.717) is 0 Å². The van der Waals surface area contributed by atoms with Gasteiger partial charge in [0.1, 0.15) is 0 Å². The molecule has 2 atom stereocenters. The predicted octanol–water partition coefficient (Wildman–Crippen LogP) is 3.05. The lowest BCUT2D eigenvalue weighted by molar-refractivity contribution is 1.21. The first-order chi connectivity index (χ1) is 5.69. The summed E-state index contributed by atoms with van der Waals surface area (Å²) in [7, 11) is 5.55. The highest BCUT2D eigenvalue weighted by Gasteiger charge is 2.00. The summed E-state index contributed by atoms with van der Waals surface area (Å²) in [4.78, 5) is 0. The number of hydrogen-bond donors (Lipinski definition) is 0. The van der Waals surface area contributed by atoms with Crippen molar-refractivity contribution in [1.29, 1.82) is 0 Å². The Morgan fingerprint density at radius 2 is 1.25 bits per heavy atom. The largest absolute Gasteiger partial charge is 0.133 e. The van der Waals surface area contributed by atoms with Crippen LogP contribution in [0.2, 0.25) is 0 Å². The van der Waals surface area contributed by atoms with E-state index >= 15 is 0 Å². The zero-order chi connectivity index (χ0) is 9.14. The van der Waals surface area contributed by atoms with Gasteiger partial charge in [0.15, 0.2) is 0 Å². The van der Waals surface area contributed by atoms with Crippen molar-refractivity contribution in [1.82, 2.24) is 0 Å². The lowest BCUT2D eigenvalue weighted by Gasteiger charge is -2.08. The zero-order valence-electron chi connectivity index (χ0n) is 7.72. The first kappa shape index (κ1) is 10.2. The van der Waals surface area contributed by atoms with Crippen molar-refractivity contribution in [2.75, 3.05) is 0 Å². The van der Waals surface area contributed by atoms with Crippen LogP contribution in [0.15, 0.2) is 12.1 Å². The van der Waals surface area contributed by atoms with Crippen LogP contribution in [-0.2, 0) is 12.3 Å². The minimum atomic E-state index is 1.06. The standard InChI is InChI=1S/C10H16P2/c1-7-3-10(6-12)8(2)4-9(7)5-11/h3-4H,5-6,11-12H2,1-2H3. The Balaban J connectivity index is 3.16. The van der Waals surface area contributed by atoms with E-state index in [4.69, 9.17) is 0 Å². The molecule has 0 heterocycles. The van der Waals surface area contributed by atoms with Gasteiger partial charge in [-0.15, -0.1) is 18.5 Å². The van der Waals surface area contributed by atoms with E-state index in [2.05, 4.69) is 44.5 Å². The molecule has 0 N–H and O–H groups in total. The van der Waals surface area contributed by atoms with Gasteiger partial charge in [-0.25, -0.2) is 0 Å². The van der Waals surface area contributed by atoms with Gasteiger partial charge >= 0.3 is 0 Å². The van der Waals surface area contributed by atoms with Crippen LogP contribution in [0.1, 0.15) is 22.3 Å². The lowest BCUT2D eigenvalue weighted by atomic mass is 10.0. The van der Waals surface area contributed by atoms with Crippen LogP contribution < -0.4 is 0 Å². The quantitative estimate of drug-likeness (QED) is 0.640. The van der Waals surface area contributed by atoms with Gasteiger partial charge < -0.3 is 0 Å². The van der Waals surface area contributed by atoms with Crippen LogP contribution in [0.25, 0.3) is 0 Å². The maximum Gasteiger partial charge on any atom is -0.0126 e. The van der Waals surface area contributed by atoms with Gasteiger partial charge in [-0.05, 0) is 48.4 Å². The second-order valence-electron chi connectivity index (χ2n) is 3.11. The van der Waals surface area contributed by atoms with Crippen molar-refractivity contribution in [3.05, 3.63) is 34.4 Å². The molecule has 0 spiro atoms. The minimum absolute atomic E-state index is 1.06. The highest BCUT2D eigenvalue weighted by atomic mass is 31.0. The highest BCUT2D eigenvalue weighted by molar-refractivity contribution is 7.15. The molecule has 0 bridgehead atoms. The summed E-state index contributed by atoms with van der Waals surface area (Å²) in [6.07, 6.45) is 2.12. The monoisotopic (exact) mass is 198 g/mol. The highest BCUT2D eigenvalue weighted by Crippen LogP contribution is 2.20. The molecule has 0 amide bonds. The fourth-order valence-corrected chi connectivity index (χ4v) is 2.26. The second-order valence-corrected chi connectivity index (χ2v) is 3.93. The third kappa shape index (κ3) is 2.06. The number of rotatable bonds is 2. The molecular weight excluding hydrogens is 182 g/mol. The molecule has 2 unspecified atom stereocenters. The summed E-state index contributed by atoms with van der Waals surface area (Å²) < 4.78 is 0. The van der Waals surface area contributed by atoms with Gasteiger partial charge in [0.25, 0.3) is 0 Å². The van der Waals surface area contributed by atoms with Gasteiger partial charge in [-0.1, -0.05) is 12.1 Å². The van der Waals surface area contributed by atoms with E-state index in [0.717, 1.165) is 12.3 Å². The van der Waals surface area contributed by atoms with Gasteiger partial charge in [-0.2, -0.15) is 0 Å². The first-order valence-electron chi connectivity index (χ1n) is 4.18. The fraction of sp³-hybridized carbons (Fsp3) is 0.400. The third-order valence-corrected chi connectivity index (χ3v) is 3.11. The Kier molecular flexibility index (Phi) is 3.69. The van der Waals surface area contributed by atoms with E-state index in [1.807, 2.05) is 0 Å². The summed E-state index contributed by atoms with van der Waals surface area (Å²) in [5.74, 6) is 0. The third-order valence-electron chi connectivity index (χ3n) is 2.23. The van der Waals surface area contributed by atoms with Crippen LogP contribution in [-0.4, -0.2) is 0 Å². The van der Waals surface area contributed by atoms with Crippen LogP contribution in [0.5, 0.6) is 0 Å². The van der Waals surface area contributed by atoms with Crippen molar-refractivity contribution in [2.24, 2.45) is 0 Å². The predicted molar refractivity (Wildman–Crippen MR) is 62.7 cm³/mol. The summed E-state index contributed by atoms with van der Waals surface area (Å²) in [6, 6.07) is 4.59. The van der Waals surface area contributed by atoms with E-state index < -0.39 is 0 Å². The van der Waals surface area contributed by atoms with Gasteiger partial charge in [0.05, 0.1) is 0 Å². The molecule has 0 aliphatic carbocycles. The average Bonchev–Trinajstić information content (AvgIpc) is 2.08. The maximum absolute atomic E-state index is 2.78. The van der Waals surface area contributed by atoms with Crippen LogP contribution in [0.3, 0.4) is 0 Å². The second kappa shape index (κ2) is 4.35. The van der Waals surface area contributed by atoms with Crippen LogP contribution in [0, 0.1) is 13.8 Å². The Labute approximate surface area is 79.6 Å². The van der Waals surface area contributed by atoms with Crippen LogP contribution in [0.4, 0.5) is 0 Å². The molecule has 0 radical (unpaired) electrons. The molecule has 0 fully saturated rings. The summed E-state index contributed by atoms with van der Waals surface area (Å²) in [5.41, 5.74) is 5.71. The van der Waals surface area contributed by atoms with Crippen molar-refractivity contribution >= 4 is 18.5 Å². The molecule has 0 aliphatic heterocycles. The summed E-state index contributed by atoms with van der Waals surface area (Å²) in [6.45, 7) is 4.37. The van der Waals surface area contributed by atoms with E-state index in [-0.39, 0.29) is 0 Å². The molecular formula is C10H16P2. The lowest BCUT2D eigenvalue weighted by Crippen LogP contribution is -1.91. The number of hydrogen-bond acceptors (Lipinski definition) is 0. The summed E-state index contributed by atoms with van der Waals surface area (Å²) in [5, 5.41) is 0. The summed E-state index contributed by atoms with van der Waals surface area (Å²) >= 11 is 0. The van der Waals surface area contributed by atoms with Crippen molar-refractivity contribution in [3.8, 4) is 0 Å². The fourth-order valence-electron chi connectivity index (χ4n) is 1.38. The molecule has 0 saturated heterocycles. The molecule has 0 saturated carbocycles. The Hall–Kier alpha value is 0.0800. The molecule has 2 heteroatoms.